The largest absolute Gasteiger partial charge is 0.482 e. The van der Waals surface area contributed by atoms with Crippen LogP contribution < -0.4 is 4.74 Å². The lowest BCUT2D eigenvalue weighted by Crippen LogP contribution is -2.41. The topological polar surface area (TPSA) is 66.8 Å². The average Bonchev–Trinajstić information content (AvgIpc) is 3.63. The fraction of sp³-hybridized carbons (Fsp3) is 0.259. The number of carbonyl (C=O) groups excluding carboxylic acids is 1. The number of benzene rings is 3. The quantitative estimate of drug-likeness (QED) is 0.526. The predicted molar refractivity (Wildman–Crippen MR) is 126 cm³/mol. The molecular formula is C27H23ClFNO4. The first-order valence-corrected chi connectivity index (χ1v) is 11.6. The third-order valence-corrected chi connectivity index (χ3v) is 6.83. The molecule has 1 heterocycles. The number of carboxylic acids is 1. The molecule has 0 bridgehead atoms. The second-order valence-corrected chi connectivity index (χ2v) is 9.15. The third kappa shape index (κ3) is 4.26. The predicted octanol–water partition coefficient (Wildman–Crippen LogP) is 5.22. The third-order valence-electron chi connectivity index (χ3n) is 6.60. The summed E-state index contributed by atoms with van der Waals surface area (Å²) in [6.45, 7) is -0.0131. The van der Waals surface area contributed by atoms with E-state index in [1.165, 1.54) is 6.07 Å². The summed E-state index contributed by atoms with van der Waals surface area (Å²) < 4.78 is 19.9. The molecule has 0 radical (unpaired) electrons. The van der Waals surface area contributed by atoms with Crippen molar-refractivity contribution in [3.63, 3.8) is 0 Å². The van der Waals surface area contributed by atoms with Gasteiger partial charge in [0.1, 0.15) is 11.6 Å². The van der Waals surface area contributed by atoms with Gasteiger partial charge in [-0.25, -0.2) is 9.18 Å². The van der Waals surface area contributed by atoms with Gasteiger partial charge in [0.25, 0.3) is 0 Å². The van der Waals surface area contributed by atoms with E-state index in [4.69, 9.17) is 21.4 Å². The van der Waals surface area contributed by atoms with Gasteiger partial charge >= 0.3 is 5.97 Å². The summed E-state index contributed by atoms with van der Waals surface area (Å²) in [6.07, 6.45) is 1.30. The van der Waals surface area contributed by atoms with Crippen LogP contribution in [0.25, 0.3) is 0 Å². The van der Waals surface area contributed by atoms with E-state index in [-0.39, 0.29) is 23.6 Å². The Morgan fingerprint density at radius 2 is 1.76 bits per heavy atom. The summed E-state index contributed by atoms with van der Waals surface area (Å²) in [6, 6.07) is 19.0. The molecule has 5 nitrogen and oxygen atoms in total. The van der Waals surface area contributed by atoms with Gasteiger partial charge < -0.3 is 14.7 Å². The van der Waals surface area contributed by atoms with Crippen LogP contribution in [0.15, 0.2) is 66.7 Å². The van der Waals surface area contributed by atoms with Crippen LogP contribution in [0.5, 0.6) is 5.75 Å². The van der Waals surface area contributed by atoms with E-state index >= 15 is 0 Å². The molecule has 1 aliphatic carbocycles. The van der Waals surface area contributed by atoms with Crippen molar-refractivity contribution in [2.24, 2.45) is 5.92 Å². The zero-order valence-electron chi connectivity index (χ0n) is 18.3. The Balaban J connectivity index is 1.52. The van der Waals surface area contributed by atoms with E-state index in [2.05, 4.69) is 0 Å². The van der Waals surface area contributed by atoms with Crippen LogP contribution in [-0.2, 0) is 16.0 Å². The van der Waals surface area contributed by atoms with Gasteiger partial charge in [-0.2, -0.15) is 0 Å². The van der Waals surface area contributed by atoms with Gasteiger partial charge in [-0.3, -0.25) is 4.79 Å². The van der Waals surface area contributed by atoms with Crippen molar-refractivity contribution in [1.82, 2.24) is 4.90 Å². The molecule has 0 spiro atoms. The lowest BCUT2D eigenvalue weighted by molar-refractivity contribution is -0.139. The van der Waals surface area contributed by atoms with Crippen LogP contribution in [0.3, 0.4) is 0 Å². The summed E-state index contributed by atoms with van der Waals surface area (Å²) in [4.78, 5) is 26.7. The maximum absolute atomic E-state index is 14.3. The zero-order valence-corrected chi connectivity index (χ0v) is 19.0. The molecule has 3 aromatic carbocycles. The second-order valence-electron chi connectivity index (χ2n) is 8.72. The number of carbonyl (C=O) groups is 2. The van der Waals surface area contributed by atoms with Gasteiger partial charge in [-0.15, -0.1) is 0 Å². The SMILES string of the molecule is O=C(O)COc1ccc(Cl)cc1C1c2ccccc2CCN1C(=O)C1CC1c1ccccc1F. The van der Waals surface area contributed by atoms with Crippen LogP contribution in [0.4, 0.5) is 4.39 Å². The molecule has 174 valence electrons. The van der Waals surface area contributed by atoms with Crippen molar-refractivity contribution in [3.05, 3.63) is 99.8 Å². The first-order chi connectivity index (χ1) is 16.4. The van der Waals surface area contributed by atoms with E-state index in [9.17, 15) is 14.0 Å². The number of nitrogens with zero attached hydrogens (tertiary/aromatic N) is 1. The molecular weight excluding hydrogens is 457 g/mol. The maximum Gasteiger partial charge on any atom is 0.341 e. The van der Waals surface area contributed by atoms with E-state index in [1.54, 1.807) is 36.4 Å². The summed E-state index contributed by atoms with van der Waals surface area (Å²) >= 11 is 6.33. The van der Waals surface area contributed by atoms with Crippen LogP contribution >= 0.6 is 11.6 Å². The van der Waals surface area contributed by atoms with Crippen LogP contribution in [0, 0.1) is 11.7 Å². The molecule has 34 heavy (non-hydrogen) atoms. The molecule has 3 atom stereocenters. The van der Waals surface area contributed by atoms with Crippen molar-refractivity contribution in [1.29, 1.82) is 0 Å². The highest BCUT2D eigenvalue weighted by molar-refractivity contribution is 6.30. The molecule has 1 N–H and O–H groups in total. The van der Waals surface area contributed by atoms with E-state index in [0.29, 0.717) is 41.3 Å². The highest BCUT2D eigenvalue weighted by Gasteiger charge is 2.49. The number of amides is 1. The molecule has 0 saturated heterocycles. The highest BCUT2D eigenvalue weighted by Crippen LogP contribution is 2.51. The standard InChI is InChI=1S/C27H23ClFNO4/c28-17-9-10-24(34-15-25(31)32)22(13-17)26-18-6-2-1-5-16(18)11-12-30(26)27(33)21-14-20(21)19-7-3-4-8-23(19)29/h1-10,13,20-21,26H,11-12,14-15H2,(H,31,32). The number of rotatable bonds is 6. The van der Waals surface area contributed by atoms with Crippen LogP contribution in [-0.4, -0.2) is 35.0 Å². The smallest absolute Gasteiger partial charge is 0.341 e. The molecule has 3 unspecified atom stereocenters. The van der Waals surface area contributed by atoms with Gasteiger partial charge in [0.15, 0.2) is 6.61 Å². The summed E-state index contributed by atoms with van der Waals surface area (Å²) in [7, 11) is 0. The molecule has 1 saturated carbocycles. The average molecular weight is 480 g/mol. The Labute approximate surface area is 201 Å². The Bertz CT molecular complexity index is 1260. The summed E-state index contributed by atoms with van der Waals surface area (Å²) in [5.41, 5.74) is 3.27. The van der Waals surface area contributed by atoms with Crippen molar-refractivity contribution in [3.8, 4) is 5.75 Å². The molecule has 2 aliphatic rings. The maximum atomic E-state index is 14.3. The normalized spacial score (nSPS) is 21.0. The number of fused-ring (bicyclic) bond motifs is 1. The van der Waals surface area contributed by atoms with Gasteiger partial charge in [0.05, 0.1) is 6.04 Å². The molecule has 1 aliphatic heterocycles. The number of aliphatic carboxylic acids is 1. The second kappa shape index (κ2) is 9.11. The Hall–Kier alpha value is -3.38. The Kier molecular flexibility index (Phi) is 6.00. The number of halogens is 2. The number of ether oxygens (including phenoxy) is 1. The van der Waals surface area contributed by atoms with Gasteiger partial charge in [-0.05, 0) is 59.7 Å². The lowest BCUT2D eigenvalue weighted by Gasteiger charge is -2.38. The van der Waals surface area contributed by atoms with Crippen molar-refractivity contribution in [2.75, 3.05) is 13.2 Å². The summed E-state index contributed by atoms with van der Waals surface area (Å²) in [5.74, 6) is -1.50. The molecule has 0 aromatic heterocycles. The molecule has 3 aromatic rings. The lowest BCUT2D eigenvalue weighted by atomic mass is 9.87. The first kappa shape index (κ1) is 22.4. The summed E-state index contributed by atoms with van der Waals surface area (Å²) in [5, 5.41) is 9.59. The Morgan fingerprint density at radius 3 is 2.53 bits per heavy atom. The molecule has 5 rings (SSSR count). The zero-order chi connectivity index (χ0) is 23.8. The van der Waals surface area contributed by atoms with Gasteiger partial charge in [0.2, 0.25) is 5.91 Å². The van der Waals surface area contributed by atoms with Crippen LogP contribution in [0.1, 0.15) is 40.6 Å². The minimum atomic E-state index is -1.09. The van der Waals surface area contributed by atoms with E-state index in [0.717, 1.165) is 11.1 Å². The van der Waals surface area contributed by atoms with Gasteiger partial charge in [-0.1, -0.05) is 54.1 Å². The molecule has 1 amide bonds. The van der Waals surface area contributed by atoms with Crippen molar-refractivity contribution >= 4 is 23.5 Å². The van der Waals surface area contributed by atoms with Crippen LogP contribution in [0.2, 0.25) is 5.02 Å². The Morgan fingerprint density at radius 1 is 1.03 bits per heavy atom. The fourth-order valence-electron chi connectivity index (χ4n) is 4.94. The minimum Gasteiger partial charge on any atom is -0.482 e. The number of hydrogen-bond donors (Lipinski definition) is 1. The van der Waals surface area contributed by atoms with Crippen molar-refractivity contribution in [2.45, 2.75) is 24.8 Å². The fourth-order valence-corrected chi connectivity index (χ4v) is 5.12. The minimum absolute atomic E-state index is 0.0445. The van der Waals surface area contributed by atoms with E-state index in [1.807, 2.05) is 29.2 Å². The van der Waals surface area contributed by atoms with Crippen molar-refractivity contribution < 1.29 is 23.8 Å². The first-order valence-electron chi connectivity index (χ1n) is 11.2. The monoisotopic (exact) mass is 479 g/mol. The van der Waals surface area contributed by atoms with Gasteiger partial charge in [0, 0.05) is 23.0 Å². The van der Waals surface area contributed by atoms with E-state index < -0.39 is 18.6 Å². The number of hydrogen-bond acceptors (Lipinski definition) is 3. The molecule has 7 heteroatoms. The number of carboxylic acid groups (broad SMARTS) is 1. The highest BCUT2D eigenvalue weighted by atomic mass is 35.5. The molecule has 1 fully saturated rings.